The Labute approximate surface area is 347 Å². The maximum absolute atomic E-state index is 7.11. The molecule has 9 aromatic carbocycles. The average Bonchev–Trinajstić information content (AvgIpc) is 3.69. The quantitative estimate of drug-likeness (QED) is 0.145. The first-order valence-electron chi connectivity index (χ1n) is 20.0. The molecule has 2 heterocycles. The van der Waals surface area contributed by atoms with Gasteiger partial charge in [0, 0.05) is 63.1 Å². The van der Waals surface area contributed by atoms with E-state index in [1.165, 1.54) is 0 Å². The third-order valence-electron chi connectivity index (χ3n) is 10.8. The van der Waals surface area contributed by atoms with Crippen molar-refractivity contribution in [2.24, 2.45) is 0 Å². The number of nitrogens with zero attached hydrogens (tertiary/aromatic N) is 3. The molecule has 286 valence electrons. The molecule has 0 radical (unpaired) electrons. The third-order valence-corrected chi connectivity index (χ3v) is 10.8. The highest BCUT2D eigenvalue weighted by molar-refractivity contribution is 6.06. The summed E-state index contributed by atoms with van der Waals surface area (Å²) in [5.41, 5.74) is 10.2. The molecular formula is C54H37N3O3. The zero-order valence-corrected chi connectivity index (χ0v) is 32.4. The highest BCUT2D eigenvalue weighted by Gasteiger charge is 2.30. The van der Waals surface area contributed by atoms with Gasteiger partial charge in [-0.05, 0) is 97.1 Å². The molecule has 0 N–H and O–H groups in total. The normalized spacial score (nSPS) is 11.6. The number of ether oxygens (including phenoxy) is 2. The number of hydrogen-bond acceptors (Lipinski definition) is 6. The van der Waals surface area contributed by atoms with Gasteiger partial charge in [0.05, 0.1) is 17.1 Å². The van der Waals surface area contributed by atoms with Gasteiger partial charge in [-0.15, -0.1) is 0 Å². The molecule has 0 amide bonds. The number of furan rings is 1. The van der Waals surface area contributed by atoms with Crippen LogP contribution in [0.15, 0.2) is 229 Å². The SMILES string of the molecule is c1ccc(N(c2ccccc2)c2ccc3c(c2)Oc2c(cc(N(c4ccccc4)c4ccc5c(c4)oc4ccccc45)cc2N(c2ccccc2)c2ccccc2)O3)cc1. The first-order chi connectivity index (χ1) is 29.7. The molecule has 1 aliphatic heterocycles. The number of hydrogen-bond donors (Lipinski definition) is 0. The summed E-state index contributed by atoms with van der Waals surface area (Å²) in [5, 5.41) is 2.16. The summed E-state index contributed by atoms with van der Waals surface area (Å²) in [6, 6.07) is 76.9. The Morgan fingerprint density at radius 3 is 1.30 bits per heavy atom. The van der Waals surface area contributed by atoms with Gasteiger partial charge in [0.25, 0.3) is 0 Å². The Bertz CT molecular complexity index is 3020. The van der Waals surface area contributed by atoms with E-state index in [0.717, 1.165) is 73.1 Å². The Kier molecular flexibility index (Phi) is 8.71. The van der Waals surface area contributed by atoms with Gasteiger partial charge in [-0.1, -0.05) is 109 Å². The van der Waals surface area contributed by atoms with Crippen LogP contribution in [-0.4, -0.2) is 0 Å². The van der Waals surface area contributed by atoms with Gasteiger partial charge in [0.2, 0.25) is 0 Å². The van der Waals surface area contributed by atoms with E-state index in [2.05, 4.69) is 185 Å². The first kappa shape index (κ1) is 35.0. The fourth-order valence-corrected chi connectivity index (χ4v) is 8.14. The molecule has 1 aromatic heterocycles. The maximum atomic E-state index is 7.11. The van der Waals surface area contributed by atoms with E-state index < -0.39 is 0 Å². The molecule has 0 aliphatic carbocycles. The Balaban J connectivity index is 1.11. The van der Waals surface area contributed by atoms with Crippen LogP contribution in [-0.2, 0) is 0 Å². The number of benzene rings is 9. The van der Waals surface area contributed by atoms with Crippen molar-refractivity contribution in [2.75, 3.05) is 14.7 Å². The Morgan fingerprint density at radius 1 is 0.267 bits per heavy atom. The highest BCUT2D eigenvalue weighted by atomic mass is 16.6. The fourth-order valence-electron chi connectivity index (χ4n) is 8.14. The van der Waals surface area contributed by atoms with Gasteiger partial charge in [0.15, 0.2) is 23.0 Å². The van der Waals surface area contributed by atoms with Crippen molar-refractivity contribution in [1.29, 1.82) is 0 Å². The standard InChI is InChI=1S/C54H37N3O3/c1-6-18-38(19-7-1)55(39-20-8-2-9-21-39)44-31-33-50-52(36-44)60-54-48(57(41-24-12-4-13-25-41)42-26-14-5-15-27-42)34-45(37-53(54)59-50)56(40-22-10-3-11-23-40)43-30-32-47-46-28-16-17-29-49(46)58-51(47)35-43/h1-37H. The van der Waals surface area contributed by atoms with E-state index in [1.807, 2.05) is 54.6 Å². The lowest BCUT2D eigenvalue weighted by Crippen LogP contribution is -2.16. The van der Waals surface area contributed by atoms with Crippen molar-refractivity contribution in [1.82, 2.24) is 0 Å². The van der Waals surface area contributed by atoms with Crippen molar-refractivity contribution in [3.63, 3.8) is 0 Å². The molecule has 1 aliphatic rings. The molecular weight excluding hydrogens is 739 g/mol. The minimum absolute atomic E-state index is 0.591. The number of rotatable bonds is 9. The monoisotopic (exact) mass is 775 g/mol. The molecule has 6 heteroatoms. The lowest BCUT2D eigenvalue weighted by atomic mass is 10.1. The number of fused-ring (bicyclic) bond motifs is 5. The van der Waals surface area contributed by atoms with E-state index in [4.69, 9.17) is 13.9 Å². The fraction of sp³-hybridized carbons (Fsp3) is 0. The van der Waals surface area contributed by atoms with E-state index in [-0.39, 0.29) is 0 Å². The molecule has 0 atom stereocenters. The molecule has 10 aromatic rings. The van der Waals surface area contributed by atoms with Gasteiger partial charge < -0.3 is 28.6 Å². The van der Waals surface area contributed by atoms with Crippen molar-refractivity contribution < 1.29 is 13.9 Å². The molecule has 0 unspecified atom stereocenters. The van der Waals surface area contributed by atoms with Gasteiger partial charge >= 0.3 is 0 Å². The first-order valence-corrected chi connectivity index (χ1v) is 20.0. The van der Waals surface area contributed by atoms with Crippen LogP contribution in [0.2, 0.25) is 0 Å². The van der Waals surface area contributed by atoms with E-state index in [1.54, 1.807) is 0 Å². The van der Waals surface area contributed by atoms with Gasteiger partial charge in [-0.2, -0.15) is 0 Å². The third kappa shape index (κ3) is 6.33. The molecule has 11 rings (SSSR count). The predicted molar refractivity (Wildman–Crippen MR) is 244 cm³/mol. The maximum Gasteiger partial charge on any atom is 0.194 e. The summed E-state index contributed by atoms with van der Waals surface area (Å²) in [4.78, 5) is 6.69. The predicted octanol–water partition coefficient (Wildman–Crippen LogP) is 15.9. The second-order valence-electron chi connectivity index (χ2n) is 14.6. The summed E-state index contributed by atoms with van der Waals surface area (Å²) < 4.78 is 20.5. The van der Waals surface area contributed by atoms with Crippen molar-refractivity contribution >= 4 is 73.1 Å². The molecule has 0 saturated heterocycles. The van der Waals surface area contributed by atoms with Gasteiger partial charge in [-0.3, -0.25) is 0 Å². The lowest BCUT2D eigenvalue weighted by Gasteiger charge is -2.33. The number of anilines is 9. The Morgan fingerprint density at radius 2 is 0.717 bits per heavy atom. The zero-order chi connectivity index (χ0) is 39.8. The highest BCUT2D eigenvalue weighted by Crippen LogP contribution is 2.56. The zero-order valence-electron chi connectivity index (χ0n) is 32.4. The van der Waals surface area contributed by atoms with Crippen molar-refractivity contribution in [2.45, 2.75) is 0 Å². The lowest BCUT2D eigenvalue weighted by molar-refractivity contribution is 0.361. The van der Waals surface area contributed by atoms with E-state index in [9.17, 15) is 0 Å². The molecule has 6 nitrogen and oxygen atoms in total. The molecule has 60 heavy (non-hydrogen) atoms. The summed E-state index contributed by atoms with van der Waals surface area (Å²) in [6.45, 7) is 0. The van der Waals surface area contributed by atoms with Crippen LogP contribution in [0.5, 0.6) is 23.0 Å². The van der Waals surface area contributed by atoms with E-state index >= 15 is 0 Å². The summed E-state index contributed by atoms with van der Waals surface area (Å²) >= 11 is 0. The van der Waals surface area contributed by atoms with Crippen LogP contribution in [0.3, 0.4) is 0 Å². The summed E-state index contributed by atoms with van der Waals surface area (Å²) in [5.74, 6) is 2.43. The van der Waals surface area contributed by atoms with Crippen molar-refractivity contribution in [3.05, 3.63) is 224 Å². The van der Waals surface area contributed by atoms with Crippen molar-refractivity contribution in [3.8, 4) is 23.0 Å². The number of para-hydroxylation sites is 6. The van der Waals surface area contributed by atoms with Crippen LogP contribution in [0.25, 0.3) is 21.9 Å². The van der Waals surface area contributed by atoms with Gasteiger partial charge in [0.1, 0.15) is 11.2 Å². The van der Waals surface area contributed by atoms with Crippen LogP contribution < -0.4 is 24.2 Å². The minimum atomic E-state index is 0.591. The molecule has 0 saturated carbocycles. The molecule has 0 bridgehead atoms. The van der Waals surface area contributed by atoms with E-state index in [0.29, 0.717) is 23.0 Å². The van der Waals surface area contributed by atoms with Gasteiger partial charge in [-0.25, -0.2) is 0 Å². The van der Waals surface area contributed by atoms with Crippen LogP contribution in [0.1, 0.15) is 0 Å². The second-order valence-corrected chi connectivity index (χ2v) is 14.6. The molecule has 0 fully saturated rings. The minimum Gasteiger partial charge on any atom is -0.456 e. The second kappa shape index (κ2) is 14.9. The van der Waals surface area contributed by atoms with Crippen LogP contribution >= 0.6 is 0 Å². The average molecular weight is 776 g/mol. The summed E-state index contributed by atoms with van der Waals surface area (Å²) in [7, 11) is 0. The Hall–Kier alpha value is -8.22. The molecule has 0 spiro atoms. The summed E-state index contributed by atoms with van der Waals surface area (Å²) in [6.07, 6.45) is 0. The van der Waals surface area contributed by atoms with Crippen LogP contribution in [0.4, 0.5) is 51.2 Å². The smallest absolute Gasteiger partial charge is 0.194 e. The topological polar surface area (TPSA) is 41.3 Å². The van der Waals surface area contributed by atoms with Crippen LogP contribution in [0, 0.1) is 0 Å². The largest absolute Gasteiger partial charge is 0.456 e.